The highest BCUT2D eigenvalue weighted by molar-refractivity contribution is 5.80. The summed E-state index contributed by atoms with van der Waals surface area (Å²) < 4.78 is 38.1. The largest absolute Gasteiger partial charge is 0.494 e. The summed E-state index contributed by atoms with van der Waals surface area (Å²) in [7, 11) is 2.89. The fourth-order valence-electron chi connectivity index (χ4n) is 5.71. The fraction of sp³-hybridized carbons (Fsp3) is 0.0952. The minimum absolute atomic E-state index is 0.209. The lowest BCUT2D eigenvalue weighted by molar-refractivity contribution is 0.386. The maximum Gasteiger partial charge on any atom is 0.178 e. The van der Waals surface area contributed by atoms with Crippen LogP contribution in [0.4, 0.5) is 8.78 Å². The second kappa shape index (κ2) is 14.7. The first-order chi connectivity index (χ1) is 25.3. The van der Waals surface area contributed by atoms with Crippen molar-refractivity contribution >= 4 is 21.8 Å². The average Bonchev–Trinajstić information content (AvgIpc) is 3.18. The molecule has 0 saturated carbocycles. The zero-order valence-corrected chi connectivity index (χ0v) is 28.8. The molecule has 0 radical (unpaired) electrons. The van der Waals surface area contributed by atoms with Crippen LogP contribution < -0.4 is 9.47 Å². The monoisotopic (exact) mass is 690 g/mol. The van der Waals surface area contributed by atoms with E-state index >= 15 is 0 Å². The standard InChI is InChI=1S/2C21H16FN3O/c2*1-13-7-9-18(21-23-12-15-5-3-4-6-17(15)25-21)24-20(13)14-8-10-19(26-2)16(22)11-14/h2*3-12H,1-2H3. The van der Waals surface area contributed by atoms with Gasteiger partial charge in [0.1, 0.15) is 11.4 Å². The Kier molecular flexibility index (Phi) is 9.53. The van der Waals surface area contributed by atoms with E-state index in [1.807, 2.05) is 86.6 Å². The summed E-state index contributed by atoms with van der Waals surface area (Å²) in [5.41, 5.74) is 7.65. The number of halogens is 2. The highest BCUT2D eigenvalue weighted by Gasteiger charge is 2.14. The summed E-state index contributed by atoms with van der Waals surface area (Å²) in [6.45, 7) is 3.88. The van der Waals surface area contributed by atoms with Gasteiger partial charge in [-0.15, -0.1) is 0 Å². The summed E-state index contributed by atoms with van der Waals surface area (Å²) in [4.78, 5) is 27.4. The lowest BCUT2D eigenvalue weighted by atomic mass is 10.1. The fourth-order valence-corrected chi connectivity index (χ4v) is 5.71. The van der Waals surface area contributed by atoms with Gasteiger partial charge in [-0.1, -0.05) is 48.5 Å². The molecule has 0 atom stereocenters. The number of rotatable bonds is 6. The number of ether oxygens (including phenoxy) is 2. The van der Waals surface area contributed by atoms with E-state index in [1.165, 1.54) is 26.4 Å². The van der Waals surface area contributed by atoms with Crippen LogP contribution in [0.2, 0.25) is 0 Å². The van der Waals surface area contributed by atoms with Crippen molar-refractivity contribution in [1.29, 1.82) is 0 Å². The predicted octanol–water partition coefficient (Wildman–Crippen LogP) is 9.63. The Morgan fingerprint density at radius 3 is 1.31 bits per heavy atom. The molecule has 52 heavy (non-hydrogen) atoms. The molecule has 0 aliphatic carbocycles. The molecule has 8 rings (SSSR count). The molecule has 0 aliphatic rings. The lowest BCUT2D eigenvalue weighted by Gasteiger charge is -2.09. The molecule has 0 fully saturated rings. The van der Waals surface area contributed by atoms with Crippen LogP contribution in [-0.4, -0.2) is 44.1 Å². The summed E-state index contributed by atoms with van der Waals surface area (Å²) in [6.07, 6.45) is 3.57. The molecule has 0 spiro atoms. The van der Waals surface area contributed by atoms with Gasteiger partial charge in [0, 0.05) is 34.3 Å². The molecule has 0 amide bonds. The van der Waals surface area contributed by atoms with Crippen LogP contribution in [0.1, 0.15) is 11.1 Å². The average molecular weight is 691 g/mol. The number of aryl methyl sites for hydroxylation is 2. The van der Waals surface area contributed by atoms with Crippen LogP contribution in [0.3, 0.4) is 0 Å². The molecular weight excluding hydrogens is 658 g/mol. The van der Waals surface area contributed by atoms with Gasteiger partial charge in [-0.25, -0.2) is 38.7 Å². The van der Waals surface area contributed by atoms with E-state index in [0.717, 1.165) is 32.9 Å². The van der Waals surface area contributed by atoms with Crippen LogP contribution in [0.25, 0.3) is 67.4 Å². The number of fused-ring (bicyclic) bond motifs is 2. The van der Waals surface area contributed by atoms with E-state index in [0.29, 0.717) is 45.6 Å². The Balaban J connectivity index is 0.000000162. The smallest absolute Gasteiger partial charge is 0.178 e. The third-order valence-electron chi connectivity index (χ3n) is 8.48. The molecule has 256 valence electrons. The normalized spacial score (nSPS) is 10.9. The summed E-state index contributed by atoms with van der Waals surface area (Å²) in [5, 5.41) is 1.95. The Morgan fingerprint density at radius 1 is 0.481 bits per heavy atom. The molecule has 8 nitrogen and oxygen atoms in total. The Hall–Kier alpha value is -6.68. The van der Waals surface area contributed by atoms with Gasteiger partial charge in [-0.2, -0.15) is 0 Å². The van der Waals surface area contributed by atoms with E-state index < -0.39 is 11.6 Å². The first kappa shape index (κ1) is 33.8. The molecule has 8 aromatic rings. The van der Waals surface area contributed by atoms with Gasteiger partial charge in [0.2, 0.25) is 0 Å². The van der Waals surface area contributed by atoms with E-state index in [4.69, 9.17) is 9.47 Å². The number of para-hydroxylation sites is 2. The number of nitrogens with zero attached hydrogens (tertiary/aromatic N) is 6. The number of hydrogen-bond acceptors (Lipinski definition) is 8. The van der Waals surface area contributed by atoms with Gasteiger partial charge in [0.25, 0.3) is 0 Å². The van der Waals surface area contributed by atoms with Crippen molar-refractivity contribution in [3.8, 4) is 57.1 Å². The Labute approximate surface area is 298 Å². The second-order valence-electron chi connectivity index (χ2n) is 11.9. The molecule has 4 aromatic carbocycles. The first-order valence-corrected chi connectivity index (χ1v) is 16.4. The van der Waals surface area contributed by atoms with E-state index in [-0.39, 0.29) is 11.5 Å². The van der Waals surface area contributed by atoms with Crippen LogP contribution >= 0.6 is 0 Å². The Bertz CT molecular complexity index is 2400. The zero-order chi connectivity index (χ0) is 36.2. The van der Waals surface area contributed by atoms with Gasteiger partial charge in [-0.3, -0.25) is 0 Å². The molecule has 0 N–H and O–H groups in total. The van der Waals surface area contributed by atoms with Gasteiger partial charge in [0.05, 0.1) is 36.6 Å². The molecule has 0 saturated heterocycles. The maximum atomic E-state index is 14.1. The number of aromatic nitrogens is 6. The molecular formula is C42H32F2N6O2. The topological polar surface area (TPSA) is 95.8 Å². The van der Waals surface area contributed by atoms with Crippen molar-refractivity contribution in [2.75, 3.05) is 14.2 Å². The maximum absolute atomic E-state index is 14.1. The Morgan fingerprint density at radius 2 is 0.904 bits per heavy atom. The van der Waals surface area contributed by atoms with Crippen LogP contribution in [0.5, 0.6) is 11.5 Å². The van der Waals surface area contributed by atoms with Crippen molar-refractivity contribution in [3.63, 3.8) is 0 Å². The van der Waals surface area contributed by atoms with Gasteiger partial charge >= 0.3 is 0 Å². The van der Waals surface area contributed by atoms with Crippen LogP contribution in [0, 0.1) is 25.5 Å². The lowest BCUT2D eigenvalue weighted by Crippen LogP contribution is -1.97. The number of benzene rings is 4. The van der Waals surface area contributed by atoms with Gasteiger partial charge < -0.3 is 9.47 Å². The predicted molar refractivity (Wildman–Crippen MR) is 199 cm³/mol. The van der Waals surface area contributed by atoms with Crippen molar-refractivity contribution in [2.45, 2.75) is 13.8 Å². The molecule has 0 bridgehead atoms. The third kappa shape index (κ3) is 6.99. The highest BCUT2D eigenvalue weighted by atomic mass is 19.1. The highest BCUT2D eigenvalue weighted by Crippen LogP contribution is 2.30. The second-order valence-corrected chi connectivity index (χ2v) is 11.9. The first-order valence-electron chi connectivity index (χ1n) is 16.4. The van der Waals surface area contributed by atoms with Crippen LogP contribution in [0.15, 0.2) is 122 Å². The van der Waals surface area contributed by atoms with Crippen molar-refractivity contribution in [3.05, 3.63) is 144 Å². The zero-order valence-electron chi connectivity index (χ0n) is 28.8. The van der Waals surface area contributed by atoms with Crippen LogP contribution in [-0.2, 0) is 0 Å². The summed E-state index contributed by atoms with van der Waals surface area (Å²) in [5.74, 6) is 0.663. The molecule has 0 unspecified atom stereocenters. The minimum Gasteiger partial charge on any atom is -0.494 e. The number of hydrogen-bond donors (Lipinski definition) is 0. The molecule has 0 aliphatic heterocycles. The number of pyridine rings is 2. The van der Waals surface area contributed by atoms with E-state index in [1.54, 1.807) is 36.7 Å². The number of methoxy groups -OCH3 is 2. The van der Waals surface area contributed by atoms with E-state index in [2.05, 4.69) is 29.9 Å². The molecule has 10 heteroatoms. The van der Waals surface area contributed by atoms with Crippen molar-refractivity contribution in [2.24, 2.45) is 0 Å². The van der Waals surface area contributed by atoms with E-state index in [9.17, 15) is 8.78 Å². The van der Waals surface area contributed by atoms with Crippen molar-refractivity contribution < 1.29 is 18.3 Å². The summed E-state index contributed by atoms with van der Waals surface area (Å²) >= 11 is 0. The van der Waals surface area contributed by atoms with Gasteiger partial charge in [0.15, 0.2) is 34.8 Å². The molecule has 4 aromatic heterocycles. The molecule has 4 heterocycles. The van der Waals surface area contributed by atoms with Crippen molar-refractivity contribution in [1.82, 2.24) is 29.9 Å². The third-order valence-corrected chi connectivity index (χ3v) is 8.48. The quantitative estimate of drug-likeness (QED) is 0.170. The van der Waals surface area contributed by atoms with Gasteiger partial charge in [-0.05, 0) is 85.6 Å². The summed E-state index contributed by atoms with van der Waals surface area (Å²) in [6, 6.07) is 32.9. The SMILES string of the molecule is COc1ccc(-c2nc(-c3ncc4ccccc4n3)ccc2C)cc1F.COc1ccc(-c2nc(-c3ncc4ccccc4n3)ccc2C)cc1F. The minimum atomic E-state index is -0.418.